The van der Waals surface area contributed by atoms with Crippen molar-refractivity contribution in [2.24, 2.45) is 5.41 Å². The van der Waals surface area contributed by atoms with E-state index in [1.807, 2.05) is 44.2 Å². The van der Waals surface area contributed by atoms with Gasteiger partial charge in [0.15, 0.2) is 17.6 Å². The number of carboxylic acid groups (broad SMARTS) is 1. The van der Waals surface area contributed by atoms with Crippen LogP contribution in [0.2, 0.25) is 0 Å². The summed E-state index contributed by atoms with van der Waals surface area (Å²) in [6, 6.07) is 12.7. The molecule has 2 aromatic rings. The fourth-order valence-corrected chi connectivity index (χ4v) is 7.06. The Morgan fingerprint density at radius 3 is 2.45 bits per heavy atom. The van der Waals surface area contributed by atoms with Gasteiger partial charge >= 0.3 is 12.2 Å². The lowest BCUT2D eigenvalue weighted by Crippen LogP contribution is -2.52. The van der Waals surface area contributed by atoms with Gasteiger partial charge in [0.25, 0.3) is 0 Å². The van der Waals surface area contributed by atoms with Crippen molar-refractivity contribution in [1.82, 2.24) is 14.5 Å². The molecule has 260 valence electrons. The van der Waals surface area contributed by atoms with E-state index in [-0.39, 0.29) is 51.2 Å². The van der Waals surface area contributed by atoms with Gasteiger partial charge in [-0.05, 0) is 42.4 Å². The maximum Gasteiger partial charge on any atom is 0.407 e. The monoisotopic (exact) mass is 679 g/mol. The first kappa shape index (κ1) is 36.2. The summed E-state index contributed by atoms with van der Waals surface area (Å²) in [5.41, 5.74) is 0.255. The highest BCUT2D eigenvalue weighted by molar-refractivity contribution is 7.89. The highest BCUT2D eigenvalue weighted by atomic mass is 32.2. The van der Waals surface area contributed by atoms with E-state index in [1.54, 1.807) is 0 Å². The third kappa shape index (κ3) is 10.7. The summed E-state index contributed by atoms with van der Waals surface area (Å²) in [7, 11) is -2.69. The molecule has 0 unspecified atom stereocenters. The van der Waals surface area contributed by atoms with E-state index < -0.39 is 45.9 Å². The number of rotatable bonds is 16. The van der Waals surface area contributed by atoms with Crippen LogP contribution in [0.15, 0.2) is 53.4 Å². The van der Waals surface area contributed by atoms with E-state index in [0.717, 1.165) is 5.56 Å². The first-order chi connectivity index (χ1) is 22.3. The van der Waals surface area contributed by atoms with Crippen molar-refractivity contribution in [2.75, 3.05) is 53.5 Å². The van der Waals surface area contributed by atoms with Gasteiger partial charge in [0, 0.05) is 32.7 Å². The summed E-state index contributed by atoms with van der Waals surface area (Å²) in [6.07, 6.45) is -1.72. The number of ether oxygens (including phenoxy) is 5. The second-order valence-corrected chi connectivity index (χ2v) is 14.5. The number of unbranched alkanes of at least 4 members (excludes halogenated alkanes) is 1. The number of aliphatic hydroxyl groups excluding tert-OH is 1. The lowest BCUT2D eigenvalue weighted by atomic mass is 9.87. The molecule has 0 bridgehead atoms. The minimum atomic E-state index is -4.19. The average molecular weight is 680 g/mol. The van der Waals surface area contributed by atoms with Crippen molar-refractivity contribution in [3.8, 4) is 11.5 Å². The summed E-state index contributed by atoms with van der Waals surface area (Å²) >= 11 is 0. The van der Waals surface area contributed by atoms with Crippen LogP contribution in [0.25, 0.3) is 0 Å². The number of fused-ring (bicyclic) bond motifs is 1. The Kier molecular flexibility index (Phi) is 12.7. The topological polar surface area (TPSA) is 173 Å². The van der Waals surface area contributed by atoms with Crippen molar-refractivity contribution in [2.45, 2.75) is 62.7 Å². The average Bonchev–Trinajstić information content (AvgIpc) is 3.51. The van der Waals surface area contributed by atoms with Crippen molar-refractivity contribution < 1.29 is 51.9 Å². The summed E-state index contributed by atoms with van der Waals surface area (Å²) in [6.45, 7) is 4.33. The number of nitrogens with zero attached hydrogens (tertiary/aromatic N) is 2. The lowest BCUT2D eigenvalue weighted by Gasteiger charge is -2.35. The molecular weight excluding hydrogens is 634 g/mol. The molecule has 2 aliphatic heterocycles. The van der Waals surface area contributed by atoms with Crippen LogP contribution in [0.4, 0.5) is 9.59 Å². The molecule has 2 atom stereocenters. The van der Waals surface area contributed by atoms with Gasteiger partial charge in [-0.15, -0.1) is 0 Å². The largest absolute Gasteiger partial charge is 0.465 e. The zero-order valence-corrected chi connectivity index (χ0v) is 27.8. The second-order valence-electron chi connectivity index (χ2n) is 12.5. The highest BCUT2D eigenvalue weighted by Gasteiger charge is 2.36. The molecule has 15 heteroatoms. The third-order valence-corrected chi connectivity index (χ3v) is 9.82. The molecule has 0 saturated carbocycles. The number of hydrogen-bond acceptors (Lipinski definition) is 10. The van der Waals surface area contributed by atoms with Crippen molar-refractivity contribution in [3.63, 3.8) is 0 Å². The van der Waals surface area contributed by atoms with Crippen LogP contribution >= 0.6 is 0 Å². The maximum absolute atomic E-state index is 14.2. The van der Waals surface area contributed by atoms with Gasteiger partial charge in [-0.25, -0.2) is 18.0 Å². The van der Waals surface area contributed by atoms with Gasteiger partial charge in [0.05, 0.1) is 30.3 Å². The summed E-state index contributed by atoms with van der Waals surface area (Å²) < 4.78 is 56.3. The molecule has 3 N–H and O–H groups in total. The maximum atomic E-state index is 14.2. The molecule has 0 aliphatic carbocycles. The van der Waals surface area contributed by atoms with Crippen LogP contribution in [0, 0.1) is 5.41 Å². The van der Waals surface area contributed by atoms with Crippen LogP contribution < -0.4 is 14.8 Å². The molecule has 1 fully saturated rings. The summed E-state index contributed by atoms with van der Waals surface area (Å²) in [5, 5.41) is 23.5. The zero-order chi connectivity index (χ0) is 34.0. The van der Waals surface area contributed by atoms with E-state index in [0.29, 0.717) is 37.3 Å². The van der Waals surface area contributed by atoms with Crippen LogP contribution in [0.3, 0.4) is 0 Å². The number of sulfonamides is 1. The predicted octanol–water partition coefficient (Wildman–Crippen LogP) is 3.28. The minimum Gasteiger partial charge on any atom is -0.465 e. The number of benzene rings is 2. The molecule has 0 spiro atoms. The Morgan fingerprint density at radius 1 is 1.04 bits per heavy atom. The summed E-state index contributed by atoms with van der Waals surface area (Å²) in [5.74, 6) is 0.733. The Hall–Kier alpha value is -3.63. The minimum absolute atomic E-state index is 0.0204. The zero-order valence-electron chi connectivity index (χ0n) is 27.0. The molecular formula is C32H45N3O11S. The number of carbonyl (C=O) groups excluding carboxylic acids is 1. The van der Waals surface area contributed by atoms with E-state index in [4.69, 9.17) is 28.8 Å². The number of amides is 2. The SMILES string of the molecule is CN(CCCCC(C)(C)CN(C[C@@H](O)[C@H](Cc1ccccc1)NC(=O)OC1COCOC1)S(=O)(=O)c1ccc2c(c1)OCO2)C(=O)O. The normalized spacial score (nSPS) is 16.4. The highest BCUT2D eigenvalue weighted by Crippen LogP contribution is 2.36. The first-order valence-corrected chi connectivity index (χ1v) is 17.0. The molecule has 0 radical (unpaired) electrons. The van der Waals surface area contributed by atoms with E-state index in [2.05, 4.69) is 5.32 Å². The van der Waals surface area contributed by atoms with Crippen molar-refractivity contribution >= 4 is 22.2 Å². The smallest absolute Gasteiger partial charge is 0.407 e. The van der Waals surface area contributed by atoms with Crippen LogP contribution in [-0.2, 0) is 30.7 Å². The number of carbonyl (C=O) groups is 2. The Balaban J connectivity index is 1.55. The summed E-state index contributed by atoms with van der Waals surface area (Å²) in [4.78, 5) is 25.3. The van der Waals surface area contributed by atoms with Crippen molar-refractivity contribution in [3.05, 3.63) is 54.1 Å². The van der Waals surface area contributed by atoms with Crippen LogP contribution in [-0.4, -0.2) is 112 Å². The molecule has 4 rings (SSSR count). The lowest BCUT2D eigenvalue weighted by molar-refractivity contribution is -0.151. The third-order valence-electron chi connectivity index (χ3n) is 8.01. The quantitative estimate of drug-likeness (QED) is 0.222. The number of aliphatic hydroxyl groups is 1. The molecule has 1 saturated heterocycles. The Morgan fingerprint density at radius 2 is 1.74 bits per heavy atom. The molecule has 47 heavy (non-hydrogen) atoms. The van der Waals surface area contributed by atoms with Crippen LogP contribution in [0.1, 0.15) is 38.7 Å². The van der Waals surface area contributed by atoms with Crippen LogP contribution in [0.5, 0.6) is 11.5 Å². The predicted molar refractivity (Wildman–Crippen MR) is 170 cm³/mol. The van der Waals surface area contributed by atoms with Crippen molar-refractivity contribution in [1.29, 1.82) is 0 Å². The molecule has 0 aromatic heterocycles. The van der Waals surface area contributed by atoms with Gasteiger partial charge in [-0.1, -0.05) is 50.6 Å². The first-order valence-electron chi connectivity index (χ1n) is 15.5. The standard InChI is InChI=1S/C32H45N3O11S/c1-32(2,13-7-8-14-34(3)31(38)39)20-35(47(40,41)25-11-12-28-29(16-25)45-22-44-28)17-27(36)26(15-23-9-5-4-6-10-23)33-30(37)46-24-18-42-21-43-19-24/h4-6,9-12,16,24,26-27,36H,7-8,13-15,17-22H2,1-3H3,(H,33,37)(H,38,39)/t26-,27+/m0/s1. The molecule has 2 aliphatic rings. The Labute approximate surface area is 275 Å². The molecule has 2 amide bonds. The molecule has 2 aromatic carbocycles. The Bertz CT molecular complexity index is 1440. The van der Waals surface area contributed by atoms with E-state index in [9.17, 15) is 23.1 Å². The van der Waals surface area contributed by atoms with Gasteiger partial charge < -0.3 is 44.1 Å². The second kappa shape index (κ2) is 16.5. The number of alkyl carbamates (subject to hydrolysis) is 1. The number of hydrogen-bond donors (Lipinski definition) is 3. The fourth-order valence-electron chi connectivity index (χ4n) is 5.40. The van der Waals surface area contributed by atoms with Gasteiger partial charge in [-0.2, -0.15) is 4.31 Å². The number of nitrogens with one attached hydrogen (secondary N) is 1. The fraction of sp³-hybridized carbons (Fsp3) is 0.562. The van der Waals surface area contributed by atoms with Gasteiger partial charge in [0.1, 0.15) is 6.79 Å². The van der Waals surface area contributed by atoms with Gasteiger partial charge in [0.2, 0.25) is 16.8 Å². The van der Waals surface area contributed by atoms with Gasteiger partial charge in [-0.3, -0.25) is 0 Å². The molecule has 2 heterocycles. The van der Waals surface area contributed by atoms with E-state index in [1.165, 1.54) is 34.5 Å². The molecule has 14 nitrogen and oxygen atoms in total. The van der Waals surface area contributed by atoms with E-state index >= 15 is 0 Å².